The molecule has 2 aliphatic carbocycles. The molecule has 2 aliphatic rings. The van der Waals surface area contributed by atoms with Gasteiger partial charge >= 0.3 is 5.97 Å². The number of rotatable bonds is 6. The topological polar surface area (TPSA) is 138 Å². The summed E-state index contributed by atoms with van der Waals surface area (Å²) in [5, 5.41) is 12.2. The van der Waals surface area contributed by atoms with Crippen molar-refractivity contribution in [3.05, 3.63) is 54.4 Å². The van der Waals surface area contributed by atoms with Crippen LogP contribution in [0.1, 0.15) is 12.1 Å². The van der Waals surface area contributed by atoms with Crippen LogP contribution in [0.4, 0.5) is 11.6 Å². The van der Waals surface area contributed by atoms with E-state index in [-0.39, 0.29) is 28.6 Å². The zero-order chi connectivity index (χ0) is 21.5. The van der Waals surface area contributed by atoms with E-state index in [0.717, 1.165) is 0 Å². The van der Waals surface area contributed by atoms with E-state index in [4.69, 9.17) is 0 Å². The number of amides is 1. The maximum absolute atomic E-state index is 12.7. The molecule has 2 aromatic rings. The third kappa shape index (κ3) is 3.78. The first-order chi connectivity index (χ1) is 14.2. The Bertz CT molecular complexity index is 1130. The number of aliphatic carboxylic acids is 1. The van der Waals surface area contributed by atoms with Crippen LogP contribution in [0.5, 0.6) is 0 Å². The van der Waals surface area contributed by atoms with Crippen LogP contribution in [-0.4, -0.2) is 35.4 Å². The van der Waals surface area contributed by atoms with Gasteiger partial charge in [0.2, 0.25) is 11.9 Å². The molecule has 1 amide bonds. The molecule has 9 nitrogen and oxygen atoms in total. The summed E-state index contributed by atoms with van der Waals surface area (Å²) >= 11 is 0. The van der Waals surface area contributed by atoms with Crippen molar-refractivity contribution in [3.63, 3.8) is 0 Å². The number of sulfonamides is 1. The normalized spacial score (nSPS) is 24.6. The lowest BCUT2D eigenvalue weighted by Gasteiger charge is -2.23. The molecule has 0 unspecified atom stereocenters. The molecule has 156 valence electrons. The van der Waals surface area contributed by atoms with Gasteiger partial charge < -0.3 is 10.4 Å². The van der Waals surface area contributed by atoms with Gasteiger partial charge in [-0.25, -0.2) is 23.1 Å². The summed E-state index contributed by atoms with van der Waals surface area (Å²) in [6.45, 7) is 1.72. The van der Waals surface area contributed by atoms with Gasteiger partial charge in [-0.1, -0.05) is 12.2 Å². The number of carboxylic acids is 1. The Morgan fingerprint density at radius 2 is 1.73 bits per heavy atom. The summed E-state index contributed by atoms with van der Waals surface area (Å²) < 4.78 is 27.3. The number of nitrogens with one attached hydrogen (secondary N) is 2. The van der Waals surface area contributed by atoms with Crippen molar-refractivity contribution < 1.29 is 23.1 Å². The summed E-state index contributed by atoms with van der Waals surface area (Å²) in [6, 6.07) is 7.27. The zero-order valence-corrected chi connectivity index (χ0v) is 16.8. The second kappa shape index (κ2) is 7.52. The number of anilines is 2. The largest absolute Gasteiger partial charge is 0.481 e. The van der Waals surface area contributed by atoms with E-state index in [1.165, 1.54) is 30.5 Å². The lowest BCUT2D eigenvalue weighted by Crippen LogP contribution is -2.36. The first kappa shape index (κ1) is 20.0. The third-order valence-electron chi connectivity index (χ3n) is 5.50. The molecule has 0 spiro atoms. The van der Waals surface area contributed by atoms with Crippen LogP contribution >= 0.6 is 0 Å². The first-order valence-corrected chi connectivity index (χ1v) is 10.9. The van der Waals surface area contributed by atoms with Crippen LogP contribution in [0.15, 0.2) is 53.6 Å². The van der Waals surface area contributed by atoms with Crippen molar-refractivity contribution in [1.29, 1.82) is 0 Å². The number of benzene rings is 1. The van der Waals surface area contributed by atoms with Crippen molar-refractivity contribution in [2.75, 3.05) is 10.0 Å². The highest BCUT2D eigenvalue weighted by Gasteiger charge is 2.51. The van der Waals surface area contributed by atoms with Crippen LogP contribution in [0.3, 0.4) is 0 Å². The molecular weight excluding hydrogens is 408 g/mol. The predicted octanol–water partition coefficient (Wildman–Crippen LogP) is 2.05. The minimum Gasteiger partial charge on any atom is -0.481 e. The monoisotopic (exact) mass is 428 g/mol. The smallest absolute Gasteiger partial charge is 0.307 e. The fourth-order valence-electron chi connectivity index (χ4n) is 4.14. The number of nitrogens with zero attached hydrogens (tertiary/aromatic N) is 2. The summed E-state index contributed by atoms with van der Waals surface area (Å²) in [7, 11) is -3.89. The van der Waals surface area contributed by atoms with Crippen LogP contribution in [0.25, 0.3) is 0 Å². The van der Waals surface area contributed by atoms with Crippen LogP contribution in [0, 0.1) is 30.6 Å². The van der Waals surface area contributed by atoms with Gasteiger partial charge in [0.1, 0.15) is 0 Å². The summed E-state index contributed by atoms with van der Waals surface area (Å²) in [6.07, 6.45) is 5.90. The van der Waals surface area contributed by atoms with E-state index in [1.807, 2.05) is 12.2 Å². The third-order valence-corrected chi connectivity index (χ3v) is 6.84. The molecule has 30 heavy (non-hydrogen) atoms. The van der Waals surface area contributed by atoms with Gasteiger partial charge in [0.25, 0.3) is 10.0 Å². The van der Waals surface area contributed by atoms with E-state index < -0.39 is 27.8 Å². The molecule has 1 aromatic carbocycles. The van der Waals surface area contributed by atoms with Gasteiger partial charge in [0.15, 0.2) is 0 Å². The fourth-order valence-corrected chi connectivity index (χ4v) is 5.09. The Hall–Kier alpha value is -3.27. The van der Waals surface area contributed by atoms with Gasteiger partial charge in [-0.2, -0.15) is 0 Å². The number of carbonyl (C=O) groups is 2. The molecule has 1 fully saturated rings. The highest BCUT2D eigenvalue weighted by atomic mass is 32.2. The Kier molecular flexibility index (Phi) is 5.02. The maximum Gasteiger partial charge on any atom is 0.307 e. The first-order valence-electron chi connectivity index (χ1n) is 9.39. The molecule has 4 rings (SSSR count). The number of allylic oxidation sites excluding steroid dienone is 2. The van der Waals surface area contributed by atoms with E-state index in [1.54, 1.807) is 13.0 Å². The van der Waals surface area contributed by atoms with Crippen LogP contribution in [-0.2, 0) is 19.6 Å². The number of aryl methyl sites for hydroxylation is 1. The van der Waals surface area contributed by atoms with Crippen LogP contribution < -0.4 is 10.0 Å². The molecule has 0 radical (unpaired) electrons. The average molecular weight is 428 g/mol. The Morgan fingerprint density at radius 3 is 2.37 bits per heavy atom. The molecule has 1 heterocycles. The van der Waals surface area contributed by atoms with E-state index in [2.05, 4.69) is 20.0 Å². The molecule has 3 N–H and O–H groups in total. The lowest BCUT2D eigenvalue weighted by atomic mass is 9.82. The van der Waals surface area contributed by atoms with Gasteiger partial charge in [0.05, 0.1) is 16.7 Å². The molecule has 1 aromatic heterocycles. The number of hydrogen-bond acceptors (Lipinski definition) is 6. The fraction of sp³-hybridized carbons (Fsp3) is 0.300. The van der Waals surface area contributed by atoms with E-state index >= 15 is 0 Å². The number of carbonyl (C=O) groups excluding carboxylic acids is 1. The molecule has 10 heteroatoms. The second-order valence-electron chi connectivity index (χ2n) is 7.48. The second-order valence-corrected chi connectivity index (χ2v) is 9.16. The quantitative estimate of drug-likeness (QED) is 0.599. The van der Waals surface area contributed by atoms with Gasteiger partial charge in [0, 0.05) is 17.6 Å². The van der Waals surface area contributed by atoms with E-state index in [0.29, 0.717) is 17.8 Å². The minimum absolute atomic E-state index is 0.0168. The Labute approximate surface area is 173 Å². The lowest BCUT2D eigenvalue weighted by molar-refractivity contribution is -0.146. The molecule has 4 atom stereocenters. The number of aromatic nitrogens is 2. The summed E-state index contributed by atoms with van der Waals surface area (Å²) in [4.78, 5) is 32.2. The standard InChI is InChI=1S/C20H20N4O5S/c1-11-8-9-21-20(22-11)24-30(28,29)15-6-4-14(5-7-15)23-18(25)16-12-2-3-13(10-12)17(16)19(26)27/h2-9,12-13,16-17H,10H2,1H3,(H,23,25)(H,26,27)(H,21,22,24)/t12-,13-,16+,17-/m0/s1. The summed E-state index contributed by atoms with van der Waals surface area (Å²) in [5.41, 5.74) is 1.01. The Balaban J connectivity index is 1.46. The number of hydrogen-bond donors (Lipinski definition) is 3. The summed E-state index contributed by atoms with van der Waals surface area (Å²) in [5.74, 6) is -2.96. The molecule has 1 saturated carbocycles. The average Bonchev–Trinajstić information content (AvgIpc) is 3.29. The molecule has 2 bridgehead atoms. The zero-order valence-electron chi connectivity index (χ0n) is 16.0. The maximum atomic E-state index is 12.7. The van der Waals surface area contributed by atoms with Crippen molar-refractivity contribution in [2.24, 2.45) is 23.7 Å². The Morgan fingerprint density at radius 1 is 1.07 bits per heavy atom. The van der Waals surface area contributed by atoms with Crippen LogP contribution in [0.2, 0.25) is 0 Å². The minimum atomic E-state index is -3.89. The number of carboxylic acid groups (broad SMARTS) is 1. The predicted molar refractivity (Wildman–Crippen MR) is 108 cm³/mol. The van der Waals surface area contributed by atoms with Crippen molar-refractivity contribution in [3.8, 4) is 0 Å². The van der Waals surface area contributed by atoms with Gasteiger partial charge in [-0.05, 0) is 55.5 Å². The van der Waals surface area contributed by atoms with Gasteiger partial charge in [-0.3, -0.25) is 9.59 Å². The van der Waals surface area contributed by atoms with Crippen molar-refractivity contribution >= 4 is 33.5 Å². The molecular formula is C20H20N4O5S. The van der Waals surface area contributed by atoms with Crippen molar-refractivity contribution in [2.45, 2.75) is 18.2 Å². The SMILES string of the molecule is Cc1ccnc(NS(=O)(=O)c2ccc(NC(=O)[C@H]3[C@@H](C(=O)O)[C@H]4C=C[C@H]3C4)cc2)n1. The van der Waals surface area contributed by atoms with Gasteiger partial charge in [-0.15, -0.1) is 0 Å². The van der Waals surface area contributed by atoms with Crippen molar-refractivity contribution in [1.82, 2.24) is 9.97 Å². The molecule has 0 aliphatic heterocycles. The highest BCUT2D eigenvalue weighted by Crippen LogP contribution is 2.48. The highest BCUT2D eigenvalue weighted by molar-refractivity contribution is 7.92. The molecule has 0 saturated heterocycles. The number of fused-ring (bicyclic) bond motifs is 2. The van der Waals surface area contributed by atoms with E-state index in [9.17, 15) is 23.1 Å².